The van der Waals surface area contributed by atoms with Gasteiger partial charge in [0.2, 0.25) is 0 Å². The van der Waals surface area contributed by atoms with Crippen molar-refractivity contribution in [2.75, 3.05) is 26.2 Å². The van der Waals surface area contributed by atoms with E-state index in [4.69, 9.17) is 10.8 Å². The molecule has 0 bridgehead atoms. The van der Waals surface area contributed by atoms with Gasteiger partial charge in [-0.05, 0) is 32.7 Å². The zero-order valence-electron chi connectivity index (χ0n) is 11.1. The Morgan fingerprint density at radius 2 is 2.22 bits per heavy atom. The molecule has 1 aliphatic heterocycles. The van der Waals surface area contributed by atoms with Crippen LogP contribution in [0.25, 0.3) is 0 Å². The molecule has 2 unspecified atom stereocenters. The molecule has 18 heavy (non-hydrogen) atoms. The second kappa shape index (κ2) is 6.58. The fraction of sp³-hybridized carbons (Fsp3) is 0.833. The highest BCUT2D eigenvalue weighted by molar-refractivity contribution is 5.76. The fourth-order valence-electron chi connectivity index (χ4n) is 2.38. The standard InChI is InChI=1S/C12H23N3O3/c1-3-15(9(2)6-11(16)17)12(18)14-5-4-10(7-13)8-14/h9-10H,3-8,13H2,1-2H3,(H,16,17). The SMILES string of the molecule is CCN(C(=O)N1CCC(CN)C1)C(C)CC(=O)O. The van der Waals surface area contributed by atoms with Crippen molar-refractivity contribution in [2.45, 2.75) is 32.7 Å². The van der Waals surface area contributed by atoms with Gasteiger partial charge in [0, 0.05) is 25.7 Å². The minimum atomic E-state index is -0.880. The first-order valence-electron chi connectivity index (χ1n) is 6.47. The molecule has 0 aromatic carbocycles. The first-order chi connectivity index (χ1) is 8.49. The van der Waals surface area contributed by atoms with Crippen LogP contribution in [0.4, 0.5) is 4.79 Å². The summed E-state index contributed by atoms with van der Waals surface area (Å²) in [5.74, 6) is -0.502. The van der Waals surface area contributed by atoms with E-state index >= 15 is 0 Å². The second-order valence-corrected chi connectivity index (χ2v) is 4.85. The van der Waals surface area contributed by atoms with Crippen LogP contribution < -0.4 is 5.73 Å². The van der Waals surface area contributed by atoms with Gasteiger partial charge in [-0.25, -0.2) is 4.79 Å². The number of nitrogens with zero attached hydrogens (tertiary/aromatic N) is 2. The van der Waals surface area contributed by atoms with Crippen molar-refractivity contribution in [1.82, 2.24) is 9.80 Å². The largest absolute Gasteiger partial charge is 0.481 e. The molecule has 6 nitrogen and oxygen atoms in total. The van der Waals surface area contributed by atoms with E-state index in [2.05, 4.69) is 0 Å². The number of carbonyl (C=O) groups excluding carboxylic acids is 1. The number of nitrogens with two attached hydrogens (primary N) is 1. The topological polar surface area (TPSA) is 86.9 Å². The maximum Gasteiger partial charge on any atom is 0.320 e. The minimum Gasteiger partial charge on any atom is -0.481 e. The van der Waals surface area contributed by atoms with Crippen molar-refractivity contribution in [3.8, 4) is 0 Å². The van der Waals surface area contributed by atoms with Gasteiger partial charge in [0.1, 0.15) is 0 Å². The smallest absolute Gasteiger partial charge is 0.320 e. The molecule has 1 heterocycles. The zero-order chi connectivity index (χ0) is 13.7. The molecule has 1 rings (SSSR count). The van der Waals surface area contributed by atoms with E-state index in [0.29, 0.717) is 25.6 Å². The summed E-state index contributed by atoms with van der Waals surface area (Å²) in [5.41, 5.74) is 5.60. The Hall–Kier alpha value is -1.30. The Labute approximate surface area is 108 Å². The predicted molar refractivity (Wildman–Crippen MR) is 68.2 cm³/mol. The summed E-state index contributed by atoms with van der Waals surface area (Å²) in [6.07, 6.45) is 0.918. The van der Waals surface area contributed by atoms with Gasteiger partial charge in [0.25, 0.3) is 0 Å². The third-order valence-corrected chi connectivity index (χ3v) is 3.48. The van der Waals surface area contributed by atoms with Crippen LogP contribution in [0.15, 0.2) is 0 Å². The Morgan fingerprint density at radius 1 is 1.56 bits per heavy atom. The summed E-state index contributed by atoms with van der Waals surface area (Å²) < 4.78 is 0. The molecule has 1 saturated heterocycles. The van der Waals surface area contributed by atoms with Gasteiger partial charge < -0.3 is 20.6 Å². The summed E-state index contributed by atoms with van der Waals surface area (Å²) in [6.45, 7) is 6.17. The number of aliphatic carboxylic acids is 1. The highest BCUT2D eigenvalue weighted by atomic mass is 16.4. The molecule has 0 saturated carbocycles. The Bertz CT molecular complexity index is 309. The van der Waals surface area contributed by atoms with Gasteiger partial charge in [-0.3, -0.25) is 4.79 Å². The second-order valence-electron chi connectivity index (χ2n) is 4.85. The highest BCUT2D eigenvalue weighted by Gasteiger charge is 2.30. The number of hydrogen-bond donors (Lipinski definition) is 2. The van der Waals surface area contributed by atoms with E-state index < -0.39 is 5.97 Å². The van der Waals surface area contributed by atoms with Gasteiger partial charge in [-0.2, -0.15) is 0 Å². The lowest BCUT2D eigenvalue weighted by Crippen LogP contribution is -2.47. The van der Waals surface area contributed by atoms with Gasteiger partial charge in [0.15, 0.2) is 0 Å². The number of carboxylic acid groups (broad SMARTS) is 1. The van der Waals surface area contributed by atoms with Crippen LogP contribution in [-0.2, 0) is 4.79 Å². The Kier molecular flexibility index (Phi) is 5.40. The maximum absolute atomic E-state index is 12.3. The van der Waals surface area contributed by atoms with Crippen LogP contribution in [0.1, 0.15) is 26.7 Å². The zero-order valence-corrected chi connectivity index (χ0v) is 11.1. The first-order valence-corrected chi connectivity index (χ1v) is 6.47. The molecule has 2 amide bonds. The monoisotopic (exact) mass is 257 g/mol. The van der Waals surface area contributed by atoms with Gasteiger partial charge in [0.05, 0.1) is 6.42 Å². The molecular weight excluding hydrogens is 234 g/mol. The summed E-state index contributed by atoms with van der Waals surface area (Å²) in [4.78, 5) is 26.4. The van der Waals surface area contributed by atoms with E-state index in [-0.39, 0.29) is 18.5 Å². The lowest BCUT2D eigenvalue weighted by atomic mass is 10.1. The average molecular weight is 257 g/mol. The maximum atomic E-state index is 12.3. The highest BCUT2D eigenvalue weighted by Crippen LogP contribution is 2.18. The summed E-state index contributed by atoms with van der Waals surface area (Å²) >= 11 is 0. The first kappa shape index (κ1) is 14.8. The van der Waals surface area contributed by atoms with Crippen LogP contribution in [0.3, 0.4) is 0 Å². The van der Waals surface area contributed by atoms with Crippen LogP contribution in [0.5, 0.6) is 0 Å². The van der Waals surface area contributed by atoms with E-state index in [1.165, 1.54) is 0 Å². The number of urea groups is 1. The Balaban J connectivity index is 2.59. The van der Waals surface area contributed by atoms with Crippen molar-refractivity contribution in [3.63, 3.8) is 0 Å². The normalized spacial score (nSPS) is 20.8. The number of likely N-dealkylation sites (tertiary alicyclic amines) is 1. The van der Waals surface area contributed by atoms with E-state index in [1.54, 1.807) is 16.7 Å². The third kappa shape index (κ3) is 3.60. The molecule has 0 aliphatic carbocycles. The molecule has 0 radical (unpaired) electrons. The Morgan fingerprint density at radius 3 is 2.67 bits per heavy atom. The summed E-state index contributed by atoms with van der Waals surface area (Å²) in [6, 6.07) is -0.348. The van der Waals surface area contributed by atoms with E-state index in [9.17, 15) is 9.59 Å². The number of rotatable bonds is 5. The molecule has 0 aromatic rings. The van der Waals surface area contributed by atoms with Crippen LogP contribution >= 0.6 is 0 Å². The van der Waals surface area contributed by atoms with Crippen molar-refractivity contribution in [3.05, 3.63) is 0 Å². The average Bonchev–Trinajstić information content (AvgIpc) is 2.77. The molecule has 2 atom stereocenters. The third-order valence-electron chi connectivity index (χ3n) is 3.48. The quantitative estimate of drug-likeness (QED) is 0.754. The van der Waals surface area contributed by atoms with Crippen LogP contribution in [-0.4, -0.2) is 59.1 Å². The predicted octanol–water partition coefficient (Wildman–Crippen LogP) is 0.572. The number of carbonyl (C=O) groups is 2. The minimum absolute atomic E-state index is 0.0201. The molecule has 6 heteroatoms. The molecule has 0 aromatic heterocycles. The lowest BCUT2D eigenvalue weighted by molar-refractivity contribution is -0.138. The van der Waals surface area contributed by atoms with Crippen molar-refractivity contribution < 1.29 is 14.7 Å². The molecule has 104 valence electrons. The number of carboxylic acids is 1. The lowest BCUT2D eigenvalue weighted by Gasteiger charge is -2.31. The molecular formula is C12H23N3O3. The van der Waals surface area contributed by atoms with Gasteiger partial charge in [-0.1, -0.05) is 0 Å². The van der Waals surface area contributed by atoms with Crippen molar-refractivity contribution in [1.29, 1.82) is 0 Å². The number of amides is 2. The summed E-state index contributed by atoms with van der Waals surface area (Å²) in [5, 5.41) is 8.79. The molecule has 0 spiro atoms. The van der Waals surface area contributed by atoms with Crippen molar-refractivity contribution >= 4 is 12.0 Å². The van der Waals surface area contributed by atoms with Crippen LogP contribution in [0.2, 0.25) is 0 Å². The van der Waals surface area contributed by atoms with E-state index in [1.807, 2.05) is 6.92 Å². The van der Waals surface area contributed by atoms with E-state index in [0.717, 1.165) is 13.0 Å². The molecule has 1 fully saturated rings. The van der Waals surface area contributed by atoms with Gasteiger partial charge in [-0.15, -0.1) is 0 Å². The fourth-order valence-corrected chi connectivity index (χ4v) is 2.38. The van der Waals surface area contributed by atoms with Gasteiger partial charge >= 0.3 is 12.0 Å². The molecule has 3 N–H and O–H groups in total. The number of hydrogen-bond acceptors (Lipinski definition) is 3. The van der Waals surface area contributed by atoms with Crippen LogP contribution in [0, 0.1) is 5.92 Å². The van der Waals surface area contributed by atoms with Crippen molar-refractivity contribution in [2.24, 2.45) is 11.7 Å². The molecule has 1 aliphatic rings. The summed E-state index contributed by atoms with van der Waals surface area (Å²) in [7, 11) is 0.